The lowest BCUT2D eigenvalue weighted by atomic mass is 10.0. The van der Waals surface area contributed by atoms with Crippen molar-refractivity contribution in [2.45, 2.75) is 19.4 Å². The summed E-state index contributed by atoms with van der Waals surface area (Å²) >= 11 is 0. The summed E-state index contributed by atoms with van der Waals surface area (Å²) in [5.74, 6) is -1.06. The molecule has 0 saturated heterocycles. The molecule has 5 nitrogen and oxygen atoms in total. The van der Waals surface area contributed by atoms with E-state index >= 15 is 0 Å². The molecular formula is C18H22N2O3S. The quantitative estimate of drug-likeness (QED) is 0.805. The van der Waals surface area contributed by atoms with Gasteiger partial charge in [0.2, 0.25) is 15.9 Å². The Morgan fingerprint density at radius 3 is 2.17 bits per heavy atom. The Bertz CT molecular complexity index is 772. The Morgan fingerprint density at radius 1 is 1.00 bits per heavy atom. The lowest BCUT2D eigenvalue weighted by Gasteiger charge is -2.14. The van der Waals surface area contributed by atoms with Crippen LogP contribution in [0.4, 0.5) is 0 Å². The molecule has 0 saturated carbocycles. The zero-order valence-corrected chi connectivity index (χ0v) is 14.6. The predicted octanol–water partition coefficient (Wildman–Crippen LogP) is 1.95. The fraction of sp³-hybridized carbons (Fsp3) is 0.278. The highest BCUT2D eigenvalue weighted by Gasteiger charge is 2.16. The van der Waals surface area contributed by atoms with Crippen molar-refractivity contribution in [1.29, 1.82) is 0 Å². The Kier molecular flexibility index (Phi) is 6.11. The monoisotopic (exact) mass is 346 g/mol. The largest absolute Gasteiger partial charge is 0.352 e. The normalized spacial score (nSPS) is 12.6. The van der Waals surface area contributed by atoms with Gasteiger partial charge >= 0.3 is 0 Å². The molecule has 128 valence electrons. The fourth-order valence-corrected chi connectivity index (χ4v) is 3.00. The first-order valence-electron chi connectivity index (χ1n) is 7.74. The van der Waals surface area contributed by atoms with Crippen molar-refractivity contribution < 1.29 is 13.2 Å². The van der Waals surface area contributed by atoms with Crippen LogP contribution in [-0.2, 0) is 21.2 Å². The minimum Gasteiger partial charge on any atom is -0.352 e. The third-order valence-electron chi connectivity index (χ3n) is 3.64. The lowest BCUT2D eigenvalue weighted by Crippen LogP contribution is -2.40. The van der Waals surface area contributed by atoms with Crippen LogP contribution >= 0.6 is 0 Å². The van der Waals surface area contributed by atoms with E-state index in [0.29, 0.717) is 6.42 Å². The van der Waals surface area contributed by atoms with E-state index in [2.05, 4.69) is 22.2 Å². The molecule has 0 radical (unpaired) electrons. The first kappa shape index (κ1) is 18.2. The van der Waals surface area contributed by atoms with Crippen molar-refractivity contribution >= 4 is 15.9 Å². The Hall–Kier alpha value is -2.18. The number of benzene rings is 2. The second kappa shape index (κ2) is 8.08. The van der Waals surface area contributed by atoms with Gasteiger partial charge in [0.25, 0.3) is 0 Å². The van der Waals surface area contributed by atoms with E-state index in [1.165, 1.54) is 7.05 Å². The van der Waals surface area contributed by atoms with Gasteiger partial charge in [-0.3, -0.25) is 4.79 Å². The number of nitrogens with one attached hydrogen (secondary N) is 2. The van der Waals surface area contributed by atoms with Crippen LogP contribution in [0.1, 0.15) is 12.5 Å². The third-order valence-corrected chi connectivity index (χ3v) is 4.91. The molecule has 2 aromatic carbocycles. The SMILES string of the molecule is CNS(=O)(=O)CC(=O)N[C@@H](C)Cc1ccc(-c2ccccc2)cc1. The molecule has 1 atom stereocenters. The molecule has 0 aromatic heterocycles. The number of carbonyl (C=O) groups is 1. The summed E-state index contributed by atoms with van der Waals surface area (Å²) in [5.41, 5.74) is 3.37. The van der Waals surface area contributed by atoms with E-state index in [4.69, 9.17) is 0 Å². The lowest BCUT2D eigenvalue weighted by molar-refractivity contribution is -0.119. The standard InChI is InChI=1S/C18H22N2O3S/c1-14(20-18(21)13-24(22,23)19-2)12-15-8-10-17(11-9-15)16-6-4-3-5-7-16/h3-11,14,19H,12-13H2,1-2H3,(H,20,21)/t14-/m0/s1. The van der Waals surface area contributed by atoms with Crippen molar-refractivity contribution in [2.75, 3.05) is 12.8 Å². The number of carbonyl (C=O) groups excluding carboxylic acids is 1. The molecule has 0 bridgehead atoms. The summed E-state index contributed by atoms with van der Waals surface area (Å²) in [4.78, 5) is 11.7. The summed E-state index contributed by atoms with van der Waals surface area (Å²) in [6.45, 7) is 1.86. The molecule has 0 spiro atoms. The summed E-state index contributed by atoms with van der Waals surface area (Å²) in [5, 5.41) is 2.71. The maximum Gasteiger partial charge on any atom is 0.236 e. The molecule has 0 aliphatic rings. The second-order valence-corrected chi connectivity index (χ2v) is 7.63. The van der Waals surface area contributed by atoms with Gasteiger partial charge in [-0.1, -0.05) is 54.6 Å². The summed E-state index contributed by atoms with van der Waals surface area (Å²) in [6.07, 6.45) is 0.639. The van der Waals surface area contributed by atoms with E-state index < -0.39 is 21.7 Å². The zero-order valence-electron chi connectivity index (χ0n) is 13.8. The van der Waals surface area contributed by atoms with Crippen molar-refractivity contribution in [3.8, 4) is 11.1 Å². The van der Waals surface area contributed by atoms with Gasteiger partial charge in [0, 0.05) is 6.04 Å². The van der Waals surface area contributed by atoms with Crippen LogP contribution in [0.2, 0.25) is 0 Å². The van der Waals surface area contributed by atoms with Gasteiger partial charge in [-0.25, -0.2) is 13.1 Å². The van der Waals surface area contributed by atoms with Gasteiger partial charge in [-0.15, -0.1) is 0 Å². The molecule has 6 heteroatoms. The molecule has 24 heavy (non-hydrogen) atoms. The van der Waals surface area contributed by atoms with Gasteiger partial charge in [-0.2, -0.15) is 0 Å². The highest BCUT2D eigenvalue weighted by atomic mass is 32.2. The van der Waals surface area contributed by atoms with Crippen LogP contribution in [0.5, 0.6) is 0 Å². The molecule has 0 fully saturated rings. The highest BCUT2D eigenvalue weighted by Crippen LogP contribution is 2.19. The van der Waals surface area contributed by atoms with Gasteiger partial charge in [0.05, 0.1) is 0 Å². The number of rotatable bonds is 7. The summed E-state index contributed by atoms with van der Waals surface area (Å²) in [7, 11) is -2.24. The molecule has 0 aliphatic carbocycles. The Labute approximate surface area is 143 Å². The van der Waals surface area contributed by atoms with E-state index in [-0.39, 0.29) is 6.04 Å². The van der Waals surface area contributed by atoms with Crippen LogP contribution in [0, 0.1) is 0 Å². The van der Waals surface area contributed by atoms with Crippen LogP contribution in [0.15, 0.2) is 54.6 Å². The number of hydrogen-bond acceptors (Lipinski definition) is 3. The first-order chi connectivity index (χ1) is 11.4. The van der Waals surface area contributed by atoms with E-state index in [1.807, 2.05) is 49.4 Å². The Morgan fingerprint density at radius 2 is 1.58 bits per heavy atom. The van der Waals surface area contributed by atoms with Gasteiger partial charge < -0.3 is 5.32 Å². The number of hydrogen-bond donors (Lipinski definition) is 2. The maximum absolute atomic E-state index is 11.7. The van der Waals surface area contributed by atoms with Crippen LogP contribution < -0.4 is 10.0 Å². The molecule has 2 N–H and O–H groups in total. The second-order valence-electron chi connectivity index (χ2n) is 5.70. The molecule has 2 rings (SSSR count). The zero-order chi connectivity index (χ0) is 17.6. The molecule has 0 heterocycles. The average Bonchev–Trinajstić information content (AvgIpc) is 2.55. The van der Waals surface area contributed by atoms with E-state index in [0.717, 1.165) is 16.7 Å². The van der Waals surface area contributed by atoms with Gasteiger partial charge in [0.1, 0.15) is 5.75 Å². The molecule has 2 aromatic rings. The maximum atomic E-state index is 11.7. The number of sulfonamides is 1. The molecule has 1 amide bonds. The van der Waals surface area contributed by atoms with E-state index in [9.17, 15) is 13.2 Å². The first-order valence-corrected chi connectivity index (χ1v) is 9.40. The van der Waals surface area contributed by atoms with Crippen molar-refractivity contribution in [1.82, 2.24) is 10.0 Å². The van der Waals surface area contributed by atoms with Crippen molar-refractivity contribution in [3.05, 3.63) is 60.2 Å². The average molecular weight is 346 g/mol. The number of amides is 1. The Balaban J connectivity index is 1.92. The summed E-state index contributed by atoms with van der Waals surface area (Å²) in [6, 6.07) is 18.1. The van der Waals surface area contributed by atoms with Crippen molar-refractivity contribution in [3.63, 3.8) is 0 Å². The van der Waals surface area contributed by atoms with Crippen LogP contribution in [0.3, 0.4) is 0 Å². The van der Waals surface area contributed by atoms with Crippen molar-refractivity contribution in [2.24, 2.45) is 0 Å². The molecule has 0 unspecified atom stereocenters. The highest BCUT2D eigenvalue weighted by molar-refractivity contribution is 7.90. The minimum absolute atomic E-state index is 0.146. The van der Waals surface area contributed by atoms with Gasteiger partial charge in [0.15, 0.2) is 0 Å². The molecule has 0 aliphatic heterocycles. The predicted molar refractivity (Wildman–Crippen MR) is 96.0 cm³/mol. The van der Waals surface area contributed by atoms with E-state index in [1.54, 1.807) is 0 Å². The minimum atomic E-state index is -3.54. The third kappa shape index (κ3) is 5.47. The smallest absolute Gasteiger partial charge is 0.236 e. The topological polar surface area (TPSA) is 75.3 Å². The van der Waals surface area contributed by atoms with Crippen LogP contribution in [-0.4, -0.2) is 33.2 Å². The van der Waals surface area contributed by atoms with Gasteiger partial charge in [-0.05, 0) is 37.1 Å². The molecular weight excluding hydrogens is 324 g/mol. The van der Waals surface area contributed by atoms with Crippen LogP contribution in [0.25, 0.3) is 11.1 Å². The fourth-order valence-electron chi connectivity index (χ4n) is 2.43. The summed E-state index contributed by atoms with van der Waals surface area (Å²) < 4.78 is 24.8.